The van der Waals surface area contributed by atoms with Crippen LogP contribution in [0.4, 0.5) is 5.82 Å². The summed E-state index contributed by atoms with van der Waals surface area (Å²) in [5.41, 5.74) is 7.02. The highest BCUT2D eigenvalue weighted by Gasteiger charge is 2.21. The lowest BCUT2D eigenvalue weighted by Gasteiger charge is -2.09. The van der Waals surface area contributed by atoms with Gasteiger partial charge >= 0.3 is 0 Å². The second-order valence-electron chi connectivity index (χ2n) is 3.91. The highest BCUT2D eigenvalue weighted by molar-refractivity contribution is 5.38. The minimum Gasteiger partial charge on any atom is -0.367 e. The molecule has 1 heterocycles. The molecule has 1 fully saturated rings. The first-order valence-corrected chi connectivity index (χ1v) is 5.27. The third-order valence-corrected chi connectivity index (χ3v) is 2.58. The molecule has 0 aromatic carbocycles. The molecule has 0 saturated heterocycles. The lowest BCUT2D eigenvalue weighted by molar-refractivity contribution is 0.695. The molecule has 1 aliphatic rings. The van der Waals surface area contributed by atoms with Crippen LogP contribution in [0.5, 0.6) is 0 Å². The van der Waals surface area contributed by atoms with Crippen molar-refractivity contribution in [2.24, 2.45) is 5.73 Å². The Morgan fingerprint density at radius 2 is 2.36 bits per heavy atom. The highest BCUT2D eigenvalue weighted by atomic mass is 15.0. The van der Waals surface area contributed by atoms with Crippen molar-refractivity contribution in [3.63, 3.8) is 0 Å². The number of nitrogens with two attached hydrogens (primary N) is 1. The molecule has 3 heteroatoms. The van der Waals surface area contributed by atoms with Crippen molar-refractivity contribution in [3.8, 4) is 0 Å². The topological polar surface area (TPSA) is 50.9 Å². The van der Waals surface area contributed by atoms with Gasteiger partial charge in [0.25, 0.3) is 0 Å². The van der Waals surface area contributed by atoms with Crippen LogP contribution in [0.25, 0.3) is 0 Å². The Bertz CT molecular complexity index is 290. The minimum absolute atomic E-state index is 0.123. The summed E-state index contributed by atoms with van der Waals surface area (Å²) in [5, 5.41) is 3.35. The second-order valence-corrected chi connectivity index (χ2v) is 3.91. The summed E-state index contributed by atoms with van der Waals surface area (Å²) in [4.78, 5) is 4.34. The molecule has 0 unspecified atom stereocenters. The van der Waals surface area contributed by atoms with Gasteiger partial charge in [-0.05, 0) is 30.9 Å². The van der Waals surface area contributed by atoms with Crippen LogP contribution in [0, 0.1) is 0 Å². The van der Waals surface area contributed by atoms with E-state index >= 15 is 0 Å². The third kappa shape index (κ3) is 2.23. The van der Waals surface area contributed by atoms with Crippen molar-refractivity contribution < 1.29 is 0 Å². The molecule has 0 bridgehead atoms. The van der Waals surface area contributed by atoms with E-state index in [0.717, 1.165) is 17.8 Å². The summed E-state index contributed by atoms with van der Waals surface area (Å²) in [6.07, 6.45) is 5.38. The number of nitrogens with one attached hydrogen (secondary N) is 1. The summed E-state index contributed by atoms with van der Waals surface area (Å²) in [6, 6.07) is 4.86. The first-order chi connectivity index (χ1) is 6.79. The zero-order chi connectivity index (χ0) is 9.97. The van der Waals surface area contributed by atoms with Gasteiger partial charge in [0.05, 0.1) is 0 Å². The van der Waals surface area contributed by atoms with Gasteiger partial charge in [-0.2, -0.15) is 0 Å². The Morgan fingerprint density at radius 1 is 1.57 bits per heavy atom. The van der Waals surface area contributed by atoms with E-state index in [1.54, 1.807) is 0 Å². The molecule has 1 atom stereocenters. The fourth-order valence-electron chi connectivity index (χ4n) is 1.38. The van der Waals surface area contributed by atoms with Crippen molar-refractivity contribution in [2.75, 3.05) is 5.32 Å². The Kier molecular flexibility index (Phi) is 2.68. The molecule has 0 radical (unpaired) electrons. The van der Waals surface area contributed by atoms with E-state index in [-0.39, 0.29) is 6.04 Å². The molecule has 76 valence electrons. The van der Waals surface area contributed by atoms with E-state index in [2.05, 4.69) is 23.3 Å². The van der Waals surface area contributed by atoms with E-state index in [9.17, 15) is 0 Å². The molecule has 1 saturated carbocycles. The molecule has 3 nitrogen and oxygen atoms in total. The zero-order valence-corrected chi connectivity index (χ0v) is 8.53. The first kappa shape index (κ1) is 9.46. The van der Waals surface area contributed by atoms with Gasteiger partial charge in [0.1, 0.15) is 5.82 Å². The van der Waals surface area contributed by atoms with Crippen LogP contribution >= 0.6 is 0 Å². The maximum Gasteiger partial charge on any atom is 0.126 e. The smallest absolute Gasteiger partial charge is 0.126 e. The van der Waals surface area contributed by atoms with Crippen LogP contribution in [-0.2, 0) is 0 Å². The molecule has 0 spiro atoms. The summed E-state index contributed by atoms with van der Waals surface area (Å²) in [7, 11) is 0. The summed E-state index contributed by atoms with van der Waals surface area (Å²) >= 11 is 0. The summed E-state index contributed by atoms with van der Waals surface area (Å²) < 4.78 is 0. The zero-order valence-electron chi connectivity index (χ0n) is 8.53. The van der Waals surface area contributed by atoms with Gasteiger partial charge in [0.2, 0.25) is 0 Å². The van der Waals surface area contributed by atoms with Gasteiger partial charge in [0.15, 0.2) is 0 Å². The molecule has 14 heavy (non-hydrogen) atoms. The average Bonchev–Trinajstić information content (AvgIpc) is 3.02. The summed E-state index contributed by atoms with van der Waals surface area (Å²) in [6.45, 7) is 2.08. The largest absolute Gasteiger partial charge is 0.367 e. The number of anilines is 1. The van der Waals surface area contributed by atoms with Gasteiger partial charge in [0, 0.05) is 18.3 Å². The fourth-order valence-corrected chi connectivity index (χ4v) is 1.38. The van der Waals surface area contributed by atoms with Gasteiger partial charge in [-0.25, -0.2) is 4.98 Å². The van der Waals surface area contributed by atoms with Crippen LogP contribution in [-0.4, -0.2) is 11.0 Å². The van der Waals surface area contributed by atoms with Crippen molar-refractivity contribution in [2.45, 2.75) is 38.3 Å². The number of pyridine rings is 1. The van der Waals surface area contributed by atoms with E-state index in [0.29, 0.717) is 6.04 Å². The average molecular weight is 191 g/mol. The van der Waals surface area contributed by atoms with Crippen LogP contribution < -0.4 is 11.1 Å². The van der Waals surface area contributed by atoms with Gasteiger partial charge in [-0.1, -0.05) is 13.0 Å². The molecule has 1 aromatic heterocycles. The lowest BCUT2D eigenvalue weighted by atomic mass is 10.1. The number of nitrogens with zero attached hydrogens (tertiary/aromatic N) is 1. The molecular formula is C11H17N3. The molecule has 1 aliphatic carbocycles. The normalized spacial score (nSPS) is 17.9. The van der Waals surface area contributed by atoms with E-state index < -0.39 is 0 Å². The monoisotopic (exact) mass is 191 g/mol. The van der Waals surface area contributed by atoms with E-state index in [1.807, 2.05) is 12.3 Å². The van der Waals surface area contributed by atoms with Crippen LogP contribution in [0.15, 0.2) is 18.3 Å². The Labute approximate surface area is 84.7 Å². The fraction of sp³-hybridized carbons (Fsp3) is 0.545. The van der Waals surface area contributed by atoms with Crippen molar-refractivity contribution in [1.82, 2.24) is 4.98 Å². The predicted molar refractivity (Wildman–Crippen MR) is 58.1 cm³/mol. The van der Waals surface area contributed by atoms with Gasteiger partial charge in [-0.15, -0.1) is 0 Å². The number of hydrogen-bond donors (Lipinski definition) is 2. The number of aromatic nitrogens is 1. The maximum atomic E-state index is 5.90. The third-order valence-electron chi connectivity index (χ3n) is 2.58. The molecule has 0 aliphatic heterocycles. The molecule has 1 aromatic rings. The van der Waals surface area contributed by atoms with E-state index in [1.165, 1.54) is 12.8 Å². The van der Waals surface area contributed by atoms with Crippen LogP contribution in [0.2, 0.25) is 0 Å². The Morgan fingerprint density at radius 3 is 2.86 bits per heavy atom. The van der Waals surface area contributed by atoms with Gasteiger partial charge in [-0.3, -0.25) is 0 Å². The predicted octanol–water partition coefficient (Wildman–Crippen LogP) is 2.07. The van der Waals surface area contributed by atoms with Crippen molar-refractivity contribution >= 4 is 5.82 Å². The standard InChI is InChI=1S/C11H17N3/c1-2-10(12)8-3-6-11(13-7-8)14-9-4-5-9/h3,6-7,9-10H,2,4-5,12H2,1H3,(H,13,14)/t10-/m0/s1. The Hall–Kier alpha value is -1.09. The molecular weight excluding hydrogens is 174 g/mol. The van der Waals surface area contributed by atoms with Gasteiger partial charge < -0.3 is 11.1 Å². The summed E-state index contributed by atoms with van der Waals surface area (Å²) in [5.74, 6) is 0.972. The van der Waals surface area contributed by atoms with E-state index in [4.69, 9.17) is 5.73 Å². The maximum absolute atomic E-state index is 5.90. The first-order valence-electron chi connectivity index (χ1n) is 5.27. The van der Waals surface area contributed by atoms with Crippen molar-refractivity contribution in [1.29, 1.82) is 0 Å². The lowest BCUT2D eigenvalue weighted by Crippen LogP contribution is -2.09. The molecule has 0 amide bonds. The van der Waals surface area contributed by atoms with Crippen LogP contribution in [0.1, 0.15) is 37.8 Å². The Balaban J connectivity index is 2.01. The SMILES string of the molecule is CC[C@H](N)c1ccc(NC2CC2)nc1. The number of rotatable bonds is 4. The number of hydrogen-bond acceptors (Lipinski definition) is 3. The molecule has 2 rings (SSSR count). The molecule has 3 N–H and O–H groups in total. The second kappa shape index (κ2) is 3.96. The highest BCUT2D eigenvalue weighted by Crippen LogP contribution is 2.24. The van der Waals surface area contributed by atoms with Crippen LogP contribution in [0.3, 0.4) is 0 Å². The minimum atomic E-state index is 0.123. The van der Waals surface area contributed by atoms with Crippen molar-refractivity contribution in [3.05, 3.63) is 23.9 Å². The quantitative estimate of drug-likeness (QED) is 0.766.